The van der Waals surface area contributed by atoms with E-state index in [0.717, 1.165) is 5.39 Å². The van der Waals surface area contributed by atoms with Gasteiger partial charge in [0.1, 0.15) is 12.7 Å². The van der Waals surface area contributed by atoms with Crippen LogP contribution in [-0.2, 0) is 9.47 Å². The predicted octanol–water partition coefficient (Wildman–Crippen LogP) is 2.00. The standard InChI is InChI=1S/C13H12O5/c1-15-10-4-2-3-8-5-11(18-12(8)10)13(14)17-7-9-6-16-9/h2-5,9H,6-7H2,1H3. The molecule has 0 saturated carbocycles. The molecular formula is C13H12O5. The van der Waals surface area contributed by atoms with Gasteiger partial charge in [-0.15, -0.1) is 0 Å². The number of hydrogen-bond donors (Lipinski definition) is 0. The van der Waals surface area contributed by atoms with E-state index in [1.807, 2.05) is 12.1 Å². The highest BCUT2D eigenvalue weighted by atomic mass is 16.6. The molecule has 0 aliphatic carbocycles. The van der Waals surface area contributed by atoms with E-state index < -0.39 is 5.97 Å². The van der Waals surface area contributed by atoms with Gasteiger partial charge in [0.25, 0.3) is 0 Å². The summed E-state index contributed by atoms with van der Waals surface area (Å²) in [4.78, 5) is 11.7. The van der Waals surface area contributed by atoms with Gasteiger partial charge in [0.15, 0.2) is 11.3 Å². The minimum Gasteiger partial charge on any atom is -0.493 e. The van der Waals surface area contributed by atoms with Gasteiger partial charge in [0.2, 0.25) is 5.76 Å². The molecule has 2 aromatic rings. The van der Waals surface area contributed by atoms with Crippen molar-refractivity contribution in [3.63, 3.8) is 0 Å². The molecule has 0 radical (unpaired) electrons. The van der Waals surface area contributed by atoms with Crippen LogP contribution in [0, 0.1) is 0 Å². The molecule has 94 valence electrons. The van der Waals surface area contributed by atoms with Crippen LogP contribution < -0.4 is 4.74 Å². The van der Waals surface area contributed by atoms with Crippen molar-refractivity contribution in [1.29, 1.82) is 0 Å². The van der Waals surface area contributed by atoms with Gasteiger partial charge in [-0.3, -0.25) is 0 Å². The van der Waals surface area contributed by atoms with Gasteiger partial charge in [-0.1, -0.05) is 12.1 Å². The zero-order valence-corrected chi connectivity index (χ0v) is 9.84. The van der Waals surface area contributed by atoms with Gasteiger partial charge in [-0.05, 0) is 12.1 Å². The van der Waals surface area contributed by atoms with Crippen LogP contribution in [0.15, 0.2) is 28.7 Å². The fourth-order valence-corrected chi connectivity index (χ4v) is 1.70. The molecule has 1 unspecified atom stereocenters. The van der Waals surface area contributed by atoms with Gasteiger partial charge < -0.3 is 18.6 Å². The summed E-state index contributed by atoms with van der Waals surface area (Å²) in [5.74, 6) is 0.288. The maximum absolute atomic E-state index is 11.7. The third kappa shape index (κ3) is 2.04. The molecule has 1 fully saturated rings. The first-order valence-corrected chi connectivity index (χ1v) is 5.63. The van der Waals surface area contributed by atoms with Gasteiger partial charge in [0, 0.05) is 5.39 Å². The number of ether oxygens (including phenoxy) is 3. The lowest BCUT2D eigenvalue weighted by Crippen LogP contribution is -2.09. The Labute approximate surface area is 103 Å². The number of carbonyl (C=O) groups excluding carboxylic acids is 1. The normalized spacial score (nSPS) is 17.7. The van der Waals surface area contributed by atoms with Crippen molar-refractivity contribution in [3.05, 3.63) is 30.0 Å². The predicted molar refractivity (Wildman–Crippen MR) is 62.8 cm³/mol. The summed E-state index contributed by atoms with van der Waals surface area (Å²) in [7, 11) is 1.56. The van der Waals surface area contributed by atoms with Crippen LogP contribution in [-0.4, -0.2) is 32.4 Å². The van der Waals surface area contributed by atoms with E-state index in [4.69, 9.17) is 18.6 Å². The van der Waals surface area contributed by atoms with Crippen LogP contribution in [0.25, 0.3) is 11.0 Å². The van der Waals surface area contributed by atoms with Crippen LogP contribution in [0.3, 0.4) is 0 Å². The van der Waals surface area contributed by atoms with Crippen molar-refractivity contribution in [2.75, 3.05) is 20.3 Å². The Morgan fingerprint density at radius 3 is 3.06 bits per heavy atom. The Balaban J connectivity index is 1.85. The number of fused-ring (bicyclic) bond motifs is 1. The first kappa shape index (κ1) is 11.1. The summed E-state index contributed by atoms with van der Waals surface area (Å²) in [5.41, 5.74) is 0.551. The van der Waals surface area contributed by atoms with E-state index in [9.17, 15) is 4.79 Å². The van der Waals surface area contributed by atoms with Crippen molar-refractivity contribution in [1.82, 2.24) is 0 Å². The van der Waals surface area contributed by atoms with Gasteiger partial charge >= 0.3 is 5.97 Å². The zero-order valence-electron chi connectivity index (χ0n) is 9.84. The average molecular weight is 248 g/mol. The van der Waals surface area contributed by atoms with Crippen molar-refractivity contribution in [3.8, 4) is 5.75 Å². The fraction of sp³-hybridized carbons (Fsp3) is 0.308. The average Bonchev–Trinajstić information content (AvgIpc) is 3.11. The maximum atomic E-state index is 11.7. The fourth-order valence-electron chi connectivity index (χ4n) is 1.70. The molecule has 1 aromatic heterocycles. The van der Waals surface area contributed by atoms with Crippen LogP contribution in [0.1, 0.15) is 10.6 Å². The molecule has 2 heterocycles. The Kier molecular flexibility index (Phi) is 2.68. The van der Waals surface area contributed by atoms with E-state index in [2.05, 4.69) is 0 Å². The highest BCUT2D eigenvalue weighted by Crippen LogP contribution is 2.28. The number of esters is 1. The molecule has 3 rings (SSSR count). The second kappa shape index (κ2) is 4.34. The van der Waals surface area contributed by atoms with Crippen LogP contribution in [0.2, 0.25) is 0 Å². The van der Waals surface area contributed by atoms with E-state index >= 15 is 0 Å². The third-order valence-electron chi connectivity index (χ3n) is 2.73. The molecule has 5 heteroatoms. The van der Waals surface area contributed by atoms with Gasteiger partial charge in [0.05, 0.1) is 13.7 Å². The van der Waals surface area contributed by atoms with Crippen LogP contribution in [0.5, 0.6) is 5.75 Å². The summed E-state index contributed by atoms with van der Waals surface area (Å²) in [5, 5.41) is 0.809. The lowest BCUT2D eigenvalue weighted by Gasteiger charge is -1.99. The number of rotatable bonds is 4. The second-order valence-electron chi connectivity index (χ2n) is 4.04. The first-order chi connectivity index (χ1) is 8.78. The molecule has 0 N–H and O–H groups in total. The highest BCUT2D eigenvalue weighted by Gasteiger charge is 2.25. The number of benzene rings is 1. The lowest BCUT2D eigenvalue weighted by atomic mass is 10.2. The Morgan fingerprint density at radius 1 is 1.50 bits per heavy atom. The van der Waals surface area contributed by atoms with Crippen molar-refractivity contribution >= 4 is 16.9 Å². The van der Waals surface area contributed by atoms with Crippen LogP contribution >= 0.6 is 0 Å². The first-order valence-electron chi connectivity index (χ1n) is 5.63. The molecule has 1 atom stereocenters. The van der Waals surface area contributed by atoms with Gasteiger partial charge in [-0.2, -0.15) is 0 Å². The summed E-state index contributed by atoms with van der Waals surface area (Å²) in [6.45, 7) is 0.925. The molecule has 0 spiro atoms. The van der Waals surface area contributed by atoms with Gasteiger partial charge in [-0.25, -0.2) is 4.79 Å². The summed E-state index contributed by atoms with van der Waals surface area (Å²) in [6, 6.07) is 7.11. The maximum Gasteiger partial charge on any atom is 0.374 e. The molecule has 0 bridgehead atoms. The number of epoxide rings is 1. The molecule has 5 nitrogen and oxygen atoms in total. The molecule has 0 amide bonds. The third-order valence-corrected chi connectivity index (χ3v) is 2.73. The molecular weight excluding hydrogens is 236 g/mol. The van der Waals surface area contributed by atoms with Crippen molar-refractivity contribution in [2.45, 2.75) is 6.10 Å². The molecule has 1 aromatic carbocycles. The van der Waals surface area contributed by atoms with E-state index in [1.165, 1.54) is 0 Å². The Bertz CT molecular complexity index is 582. The summed E-state index contributed by atoms with van der Waals surface area (Å²) in [6.07, 6.45) is 0.0489. The SMILES string of the molecule is COc1cccc2cc(C(=O)OCC3CO3)oc12. The van der Waals surface area contributed by atoms with Crippen LogP contribution in [0.4, 0.5) is 0 Å². The topological polar surface area (TPSA) is 61.2 Å². The minimum absolute atomic E-state index is 0.0489. The van der Waals surface area contributed by atoms with Crippen molar-refractivity contribution in [2.24, 2.45) is 0 Å². The molecule has 18 heavy (non-hydrogen) atoms. The lowest BCUT2D eigenvalue weighted by molar-refractivity contribution is 0.0443. The van der Waals surface area contributed by atoms with E-state index in [-0.39, 0.29) is 18.5 Å². The quantitative estimate of drug-likeness (QED) is 0.611. The minimum atomic E-state index is -0.483. The Morgan fingerprint density at radius 2 is 2.33 bits per heavy atom. The number of furan rings is 1. The van der Waals surface area contributed by atoms with Crippen molar-refractivity contribution < 1.29 is 23.4 Å². The smallest absolute Gasteiger partial charge is 0.374 e. The number of hydrogen-bond acceptors (Lipinski definition) is 5. The molecule has 1 aliphatic heterocycles. The Hall–Kier alpha value is -2.01. The van der Waals surface area contributed by atoms with E-state index in [0.29, 0.717) is 17.9 Å². The summed E-state index contributed by atoms with van der Waals surface area (Å²) < 4.78 is 20.6. The monoisotopic (exact) mass is 248 g/mol. The van der Waals surface area contributed by atoms with E-state index in [1.54, 1.807) is 19.2 Å². The molecule has 1 aliphatic rings. The summed E-state index contributed by atoms with van der Waals surface area (Å²) >= 11 is 0. The second-order valence-corrected chi connectivity index (χ2v) is 4.04. The highest BCUT2D eigenvalue weighted by molar-refractivity contribution is 5.94. The zero-order chi connectivity index (χ0) is 12.5. The number of para-hydroxylation sites is 1. The molecule has 1 saturated heterocycles. The number of carbonyl (C=O) groups is 1. The number of methoxy groups -OCH3 is 1. The largest absolute Gasteiger partial charge is 0.493 e.